The van der Waals surface area contributed by atoms with Gasteiger partial charge in [0.1, 0.15) is 0 Å². The summed E-state index contributed by atoms with van der Waals surface area (Å²) < 4.78 is 11.0. The van der Waals surface area contributed by atoms with Crippen molar-refractivity contribution in [2.75, 3.05) is 40.5 Å². The SMILES string of the molecule is CCN1CCC[C@H]1CNC(=O)c1cc(CCCCCCO)cc(OC)c1OC. The zero-order chi connectivity index (χ0) is 20.4. The van der Waals surface area contributed by atoms with Gasteiger partial charge in [-0.2, -0.15) is 0 Å². The number of carbonyl (C=O) groups excluding carboxylic acids is 1. The second kappa shape index (κ2) is 11.9. The quantitative estimate of drug-likeness (QED) is 0.535. The molecule has 0 aromatic heterocycles. The van der Waals surface area contributed by atoms with Gasteiger partial charge in [0, 0.05) is 19.2 Å². The molecule has 1 aromatic rings. The number of aliphatic hydroxyl groups is 1. The number of aliphatic hydroxyl groups excluding tert-OH is 1. The summed E-state index contributed by atoms with van der Waals surface area (Å²) in [5, 5.41) is 12.0. The minimum atomic E-state index is -0.111. The molecule has 28 heavy (non-hydrogen) atoms. The molecule has 1 amide bonds. The Hall–Kier alpha value is -1.79. The summed E-state index contributed by atoms with van der Waals surface area (Å²) >= 11 is 0. The molecule has 0 saturated carbocycles. The van der Waals surface area contributed by atoms with E-state index >= 15 is 0 Å². The highest BCUT2D eigenvalue weighted by Gasteiger charge is 2.25. The molecule has 0 unspecified atom stereocenters. The highest BCUT2D eigenvalue weighted by Crippen LogP contribution is 2.33. The van der Waals surface area contributed by atoms with Crippen LogP contribution in [-0.4, -0.2) is 62.4 Å². The smallest absolute Gasteiger partial charge is 0.255 e. The highest BCUT2D eigenvalue weighted by molar-refractivity contribution is 5.98. The average molecular weight is 393 g/mol. The number of amides is 1. The average Bonchev–Trinajstić information content (AvgIpc) is 3.18. The molecule has 1 atom stereocenters. The van der Waals surface area contributed by atoms with Crippen molar-refractivity contribution in [3.63, 3.8) is 0 Å². The van der Waals surface area contributed by atoms with Gasteiger partial charge in [-0.05, 0) is 62.9 Å². The van der Waals surface area contributed by atoms with Crippen molar-refractivity contribution in [1.82, 2.24) is 10.2 Å². The number of methoxy groups -OCH3 is 2. The summed E-state index contributed by atoms with van der Waals surface area (Å²) in [6, 6.07) is 4.29. The van der Waals surface area contributed by atoms with Crippen LogP contribution in [-0.2, 0) is 6.42 Å². The van der Waals surface area contributed by atoms with Crippen LogP contribution < -0.4 is 14.8 Å². The predicted molar refractivity (Wildman–Crippen MR) is 111 cm³/mol. The van der Waals surface area contributed by atoms with Crippen molar-refractivity contribution in [3.8, 4) is 11.5 Å². The van der Waals surface area contributed by atoms with Crippen molar-refractivity contribution in [2.24, 2.45) is 0 Å². The number of carbonyl (C=O) groups is 1. The van der Waals surface area contributed by atoms with E-state index in [1.807, 2.05) is 12.1 Å². The third kappa shape index (κ3) is 6.11. The maximum atomic E-state index is 12.9. The summed E-state index contributed by atoms with van der Waals surface area (Å²) in [6.07, 6.45) is 7.13. The van der Waals surface area contributed by atoms with Crippen LogP contribution in [0.1, 0.15) is 61.4 Å². The Kier molecular flexibility index (Phi) is 9.58. The molecule has 1 aliphatic heterocycles. The van der Waals surface area contributed by atoms with Gasteiger partial charge in [-0.1, -0.05) is 19.8 Å². The molecular weight excluding hydrogens is 356 g/mol. The van der Waals surface area contributed by atoms with Crippen molar-refractivity contribution in [1.29, 1.82) is 0 Å². The molecular formula is C22H36N2O4. The van der Waals surface area contributed by atoms with Gasteiger partial charge < -0.3 is 19.9 Å². The van der Waals surface area contributed by atoms with E-state index in [9.17, 15) is 4.79 Å². The number of unbranched alkanes of at least 4 members (excludes halogenated alkanes) is 3. The van der Waals surface area contributed by atoms with E-state index in [0.717, 1.165) is 57.2 Å². The molecule has 1 fully saturated rings. The molecule has 1 saturated heterocycles. The van der Waals surface area contributed by atoms with Crippen LogP contribution in [0.5, 0.6) is 11.5 Å². The third-order valence-electron chi connectivity index (χ3n) is 5.56. The van der Waals surface area contributed by atoms with Crippen LogP contribution in [0, 0.1) is 0 Å². The molecule has 158 valence electrons. The van der Waals surface area contributed by atoms with E-state index in [0.29, 0.717) is 29.6 Å². The van der Waals surface area contributed by atoms with Crippen LogP contribution in [0.15, 0.2) is 12.1 Å². The first-order chi connectivity index (χ1) is 13.6. The molecule has 2 rings (SSSR count). The zero-order valence-corrected chi connectivity index (χ0v) is 17.6. The Morgan fingerprint density at radius 3 is 2.68 bits per heavy atom. The monoisotopic (exact) mass is 392 g/mol. The van der Waals surface area contributed by atoms with Gasteiger partial charge in [0.25, 0.3) is 5.91 Å². The number of likely N-dealkylation sites (N-methyl/N-ethyl adjacent to an activating group) is 1. The first-order valence-electron chi connectivity index (χ1n) is 10.5. The summed E-state index contributed by atoms with van der Waals surface area (Å²) in [5.74, 6) is 0.972. The van der Waals surface area contributed by atoms with Crippen LogP contribution in [0.3, 0.4) is 0 Å². The van der Waals surface area contributed by atoms with Gasteiger partial charge in [0.05, 0.1) is 19.8 Å². The van der Waals surface area contributed by atoms with Crippen LogP contribution in [0.2, 0.25) is 0 Å². The van der Waals surface area contributed by atoms with Crippen molar-refractivity contribution < 1.29 is 19.4 Å². The molecule has 6 heteroatoms. The Morgan fingerprint density at radius 1 is 1.21 bits per heavy atom. The fraction of sp³-hybridized carbons (Fsp3) is 0.682. The third-order valence-corrected chi connectivity index (χ3v) is 5.56. The number of benzene rings is 1. The van der Waals surface area contributed by atoms with Gasteiger partial charge in [-0.25, -0.2) is 0 Å². The van der Waals surface area contributed by atoms with Crippen LogP contribution in [0.4, 0.5) is 0 Å². The Morgan fingerprint density at radius 2 is 2.00 bits per heavy atom. The predicted octanol–water partition coefficient (Wildman–Crippen LogP) is 3.01. The first-order valence-corrected chi connectivity index (χ1v) is 10.5. The van der Waals surface area contributed by atoms with Crippen LogP contribution in [0.25, 0.3) is 0 Å². The lowest BCUT2D eigenvalue weighted by Crippen LogP contribution is -2.40. The summed E-state index contributed by atoms with van der Waals surface area (Å²) in [4.78, 5) is 15.3. The molecule has 0 aliphatic carbocycles. The lowest BCUT2D eigenvalue weighted by molar-refractivity contribution is 0.0937. The number of ether oxygens (including phenoxy) is 2. The van der Waals surface area contributed by atoms with Gasteiger partial charge >= 0.3 is 0 Å². The lowest BCUT2D eigenvalue weighted by atomic mass is 10.0. The Labute approximate surface area is 169 Å². The minimum Gasteiger partial charge on any atom is -0.493 e. The molecule has 1 aromatic carbocycles. The number of hydrogen-bond acceptors (Lipinski definition) is 5. The minimum absolute atomic E-state index is 0.111. The van der Waals surface area contributed by atoms with E-state index in [1.165, 1.54) is 6.42 Å². The Balaban J connectivity index is 2.06. The molecule has 0 spiro atoms. The van der Waals surface area contributed by atoms with Gasteiger partial charge in [-0.3, -0.25) is 9.69 Å². The van der Waals surface area contributed by atoms with Crippen LogP contribution >= 0.6 is 0 Å². The fourth-order valence-electron chi connectivity index (χ4n) is 3.98. The van der Waals surface area contributed by atoms with Crippen molar-refractivity contribution in [2.45, 2.75) is 57.9 Å². The number of aryl methyl sites for hydroxylation is 1. The summed E-state index contributed by atoms with van der Waals surface area (Å²) in [6.45, 7) is 5.20. The fourth-order valence-corrected chi connectivity index (χ4v) is 3.98. The van der Waals surface area contributed by atoms with Crippen molar-refractivity contribution >= 4 is 5.91 Å². The molecule has 2 N–H and O–H groups in total. The molecule has 6 nitrogen and oxygen atoms in total. The largest absolute Gasteiger partial charge is 0.493 e. The maximum Gasteiger partial charge on any atom is 0.255 e. The normalized spacial score (nSPS) is 16.9. The number of hydrogen-bond donors (Lipinski definition) is 2. The molecule has 0 radical (unpaired) electrons. The van der Waals surface area contributed by atoms with E-state index in [1.54, 1.807) is 14.2 Å². The van der Waals surface area contributed by atoms with E-state index in [-0.39, 0.29) is 12.5 Å². The molecule has 0 bridgehead atoms. The van der Waals surface area contributed by atoms with E-state index in [2.05, 4.69) is 17.1 Å². The number of rotatable bonds is 12. The second-order valence-corrected chi connectivity index (χ2v) is 7.40. The summed E-state index contributed by atoms with van der Waals surface area (Å²) in [7, 11) is 3.17. The Bertz CT molecular complexity index is 621. The topological polar surface area (TPSA) is 71.0 Å². The van der Waals surface area contributed by atoms with Gasteiger partial charge in [0.15, 0.2) is 11.5 Å². The highest BCUT2D eigenvalue weighted by atomic mass is 16.5. The molecule has 1 aliphatic rings. The van der Waals surface area contributed by atoms with E-state index < -0.39 is 0 Å². The maximum absolute atomic E-state index is 12.9. The lowest BCUT2D eigenvalue weighted by Gasteiger charge is -2.23. The number of likely N-dealkylation sites (tertiary alicyclic amines) is 1. The summed E-state index contributed by atoms with van der Waals surface area (Å²) in [5.41, 5.74) is 1.61. The van der Waals surface area contributed by atoms with Gasteiger partial charge in [0.2, 0.25) is 0 Å². The van der Waals surface area contributed by atoms with E-state index in [4.69, 9.17) is 14.6 Å². The number of nitrogens with zero attached hydrogens (tertiary/aromatic N) is 1. The second-order valence-electron chi connectivity index (χ2n) is 7.40. The van der Waals surface area contributed by atoms with Gasteiger partial charge in [-0.15, -0.1) is 0 Å². The molecule has 1 heterocycles. The standard InChI is InChI=1S/C22H36N2O4/c1-4-24-12-9-11-18(24)16-23-22(26)19-14-17(10-7-5-6-8-13-25)15-20(27-2)21(19)28-3/h14-15,18,25H,4-13,16H2,1-3H3,(H,23,26)/t18-/m0/s1. The number of nitrogens with one attached hydrogen (secondary N) is 1. The zero-order valence-electron chi connectivity index (χ0n) is 17.6. The van der Waals surface area contributed by atoms with Crippen molar-refractivity contribution in [3.05, 3.63) is 23.3 Å². The first kappa shape index (κ1) is 22.5.